The Morgan fingerprint density at radius 2 is 2.25 bits per heavy atom. The van der Waals surface area contributed by atoms with Crippen LogP contribution in [0.3, 0.4) is 0 Å². The molecule has 2 rings (SSSR count). The lowest BCUT2D eigenvalue weighted by molar-refractivity contribution is 0.785. The van der Waals surface area contributed by atoms with Crippen molar-refractivity contribution in [1.29, 1.82) is 0 Å². The highest BCUT2D eigenvalue weighted by molar-refractivity contribution is 5.23. The van der Waals surface area contributed by atoms with Gasteiger partial charge in [0.05, 0.1) is 0 Å². The Labute approximate surface area is 73.6 Å². The first kappa shape index (κ1) is 7.81. The SMILES string of the molecule is Cc1cccc(CC2CC2N)c1. The van der Waals surface area contributed by atoms with Gasteiger partial charge < -0.3 is 5.73 Å². The lowest BCUT2D eigenvalue weighted by atomic mass is 10.1. The van der Waals surface area contributed by atoms with E-state index in [0.29, 0.717) is 6.04 Å². The Morgan fingerprint density at radius 1 is 1.50 bits per heavy atom. The van der Waals surface area contributed by atoms with E-state index in [0.717, 1.165) is 5.92 Å². The Kier molecular flexibility index (Phi) is 1.89. The van der Waals surface area contributed by atoms with E-state index in [-0.39, 0.29) is 0 Å². The van der Waals surface area contributed by atoms with E-state index in [2.05, 4.69) is 31.2 Å². The predicted octanol–water partition coefficient (Wildman–Crippen LogP) is 1.88. The van der Waals surface area contributed by atoms with Gasteiger partial charge in [-0.2, -0.15) is 0 Å². The number of nitrogens with two attached hydrogens (primary N) is 1. The first-order valence-electron chi connectivity index (χ1n) is 4.57. The zero-order valence-electron chi connectivity index (χ0n) is 7.46. The maximum absolute atomic E-state index is 5.75. The van der Waals surface area contributed by atoms with Crippen molar-refractivity contribution in [2.75, 3.05) is 0 Å². The van der Waals surface area contributed by atoms with Crippen molar-refractivity contribution in [3.8, 4) is 0 Å². The Balaban J connectivity index is 2.03. The zero-order chi connectivity index (χ0) is 8.55. The van der Waals surface area contributed by atoms with Crippen molar-refractivity contribution in [1.82, 2.24) is 0 Å². The van der Waals surface area contributed by atoms with Crippen molar-refractivity contribution in [2.24, 2.45) is 11.7 Å². The van der Waals surface area contributed by atoms with Crippen LogP contribution in [0.2, 0.25) is 0 Å². The summed E-state index contributed by atoms with van der Waals surface area (Å²) in [6, 6.07) is 9.18. The van der Waals surface area contributed by atoms with E-state index >= 15 is 0 Å². The monoisotopic (exact) mass is 161 g/mol. The van der Waals surface area contributed by atoms with Crippen LogP contribution < -0.4 is 5.73 Å². The molecule has 1 aliphatic carbocycles. The van der Waals surface area contributed by atoms with Gasteiger partial charge in [-0.15, -0.1) is 0 Å². The van der Waals surface area contributed by atoms with Gasteiger partial charge in [0.2, 0.25) is 0 Å². The molecule has 12 heavy (non-hydrogen) atoms. The van der Waals surface area contributed by atoms with Gasteiger partial charge in [0.15, 0.2) is 0 Å². The van der Waals surface area contributed by atoms with Gasteiger partial charge >= 0.3 is 0 Å². The Morgan fingerprint density at radius 3 is 2.83 bits per heavy atom. The maximum atomic E-state index is 5.75. The van der Waals surface area contributed by atoms with Crippen LogP contribution in [0.15, 0.2) is 24.3 Å². The number of hydrogen-bond donors (Lipinski definition) is 1. The van der Waals surface area contributed by atoms with E-state index in [4.69, 9.17) is 5.73 Å². The first-order chi connectivity index (χ1) is 5.75. The van der Waals surface area contributed by atoms with Crippen LogP contribution in [-0.2, 0) is 6.42 Å². The van der Waals surface area contributed by atoms with Gasteiger partial charge in [0.25, 0.3) is 0 Å². The summed E-state index contributed by atoms with van der Waals surface area (Å²) in [5.41, 5.74) is 8.54. The molecule has 0 radical (unpaired) electrons. The van der Waals surface area contributed by atoms with E-state index in [1.165, 1.54) is 24.0 Å². The normalized spacial score (nSPS) is 27.2. The number of rotatable bonds is 2. The number of aryl methyl sites for hydroxylation is 1. The van der Waals surface area contributed by atoms with E-state index in [1.807, 2.05) is 0 Å². The van der Waals surface area contributed by atoms with Gasteiger partial charge in [-0.25, -0.2) is 0 Å². The van der Waals surface area contributed by atoms with Gasteiger partial charge in [-0.1, -0.05) is 29.8 Å². The van der Waals surface area contributed by atoms with Crippen LogP contribution in [0.1, 0.15) is 17.5 Å². The molecule has 0 amide bonds. The average Bonchev–Trinajstić information content (AvgIpc) is 2.66. The zero-order valence-corrected chi connectivity index (χ0v) is 7.46. The molecule has 0 bridgehead atoms. The summed E-state index contributed by atoms with van der Waals surface area (Å²) in [4.78, 5) is 0. The topological polar surface area (TPSA) is 26.0 Å². The van der Waals surface area contributed by atoms with E-state index in [9.17, 15) is 0 Å². The van der Waals surface area contributed by atoms with Crippen molar-refractivity contribution in [3.63, 3.8) is 0 Å². The highest BCUT2D eigenvalue weighted by atomic mass is 14.7. The first-order valence-corrected chi connectivity index (χ1v) is 4.57. The summed E-state index contributed by atoms with van der Waals surface area (Å²) in [5, 5.41) is 0. The maximum Gasteiger partial charge on any atom is 0.00742 e. The molecule has 1 saturated carbocycles. The van der Waals surface area contributed by atoms with E-state index < -0.39 is 0 Å². The molecule has 1 aliphatic rings. The second kappa shape index (κ2) is 2.91. The Hall–Kier alpha value is -0.820. The van der Waals surface area contributed by atoms with Gasteiger partial charge in [-0.05, 0) is 31.2 Å². The molecule has 1 fully saturated rings. The molecular weight excluding hydrogens is 146 g/mol. The molecule has 0 heterocycles. The molecule has 2 unspecified atom stereocenters. The van der Waals surface area contributed by atoms with E-state index in [1.54, 1.807) is 0 Å². The summed E-state index contributed by atoms with van der Waals surface area (Å²) >= 11 is 0. The highest BCUT2D eigenvalue weighted by Gasteiger charge is 2.32. The standard InChI is InChI=1S/C11H15N/c1-8-3-2-4-9(5-8)6-10-7-11(10)12/h2-5,10-11H,6-7,12H2,1H3. The molecular formula is C11H15N. The molecule has 2 N–H and O–H groups in total. The molecule has 1 heteroatoms. The third-order valence-electron chi connectivity index (χ3n) is 2.56. The summed E-state index contributed by atoms with van der Waals surface area (Å²) in [6.07, 6.45) is 2.39. The van der Waals surface area contributed by atoms with Crippen LogP contribution in [0.25, 0.3) is 0 Å². The van der Waals surface area contributed by atoms with Crippen LogP contribution in [0.5, 0.6) is 0 Å². The fourth-order valence-corrected chi connectivity index (χ4v) is 1.65. The van der Waals surface area contributed by atoms with Gasteiger partial charge in [0.1, 0.15) is 0 Å². The number of benzene rings is 1. The van der Waals surface area contributed by atoms with Crippen LogP contribution in [0.4, 0.5) is 0 Å². The highest BCUT2D eigenvalue weighted by Crippen LogP contribution is 2.31. The second-order valence-electron chi connectivity index (χ2n) is 3.85. The molecule has 1 aromatic rings. The summed E-state index contributed by atoms with van der Waals surface area (Å²) in [6.45, 7) is 2.14. The van der Waals surface area contributed by atoms with Gasteiger partial charge in [-0.3, -0.25) is 0 Å². The third-order valence-corrected chi connectivity index (χ3v) is 2.56. The molecule has 64 valence electrons. The molecule has 1 nitrogen and oxygen atoms in total. The quantitative estimate of drug-likeness (QED) is 0.704. The summed E-state index contributed by atoms with van der Waals surface area (Å²) < 4.78 is 0. The molecule has 0 aliphatic heterocycles. The predicted molar refractivity (Wildman–Crippen MR) is 51.0 cm³/mol. The fraction of sp³-hybridized carbons (Fsp3) is 0.455. The largest absolute Gasteiger partial charge is 0.327 e. The van der Waals surface area contributed by atoms with Crippen molar-refractivity contribution >= 4 is 0 Å². The minimum atomic E-state index is 0.477. The number of hydrogen-bond acceptors (Lipinski definition) is 1. The molecule has 0 aromatic heterocycles. The molecule has 0 saturated heterocycles. The van der Waals surface area contributed by atoms with Crippen molar-refractivity contribution in [3.05, 3.63) is 35.4 Å². The van der Waals surface area contributed by atoms with Crippen LogP contribution >= 0.6 is 0 Å². The summed E-state index contributed by atoms with van der Waals surface area (Å²) in [7, 11) is 0. The Bertz CT molecular complexity index is 280. The molecule has 1 aromatic carbocycles. The van der Waals surface area contributed by atoms with Crippen molar-refractivity contribution < 1.29 is 0 Å². The van der Waals surface area contributed by atoms with Crippen LogP contribution in [-0.4, -0.2) is 6.04 Å². The van der Waals surface area contributed by atoms with Gasteiger partial charge in [0, 0.05) is 6.04 Å². The molecule has 2 atom stereocenters. The minimum Gasteiger partial charge on any atom is -0.327 e. The second-order valence-corrected chi connectivity index (χ2v) is 3.85. The van der Waals surface area contributed by atoms with Crippen molar-refractivity contribution in [2.45, 2.75) is 25.8 Å². The fourth-order valence-electron chi connectivity index (χ4n) is 1.65. The molecule has 0 spiro atoms. The smallest absolute Gasteiger partial charge is 0.00742 e. The lowest BCUT2D eigenvalue weighted by Crippen LogP contribution is -2.03. The minimum absolute atomic E-state index is 0.477. The summed E-state index contributed by atoms with van der Waals surface area (Å²) in [5.74, 6) is 0.756. The lowest BCUT2D eigenvalue weighted by Gasteiger charge is -2.00. The third kappa shape index (κ3) is 1.67. The average molecular weight is 161 g/mol. The van der Waals surface area contributed by atoms with Crippen LogP contribution in [0, 0.1) is 12.8 Å².